The number of pyridine rings is 1. The number of hydrogen-bond acceptors (Lipinski definition) is 5. The normalized spacial score (nSPS) is 19.8. The van der Waals surface area contributed by atoms with E-state index in [9.17, 15) is 4.79 Å². The lowest BCUT2D eigenvalue weighted by atomic mass is 10.1. The van der Waals surface area contributed by atoms with Gasteiger partial charge in [0.15, 0.2) is 0 Å². The quantitative estimate of drug-likeness (QED) is 0.854. The SMILES string of the molecule is COc1ncccc1CN1CCn2cc(CC(=O)NC3CC3)nc2[C@H]1C. The molecule has 7 heteroatoms. The van der Waals surface area contributed by atoms with Gasteiger partial charge in [0.1, 0.15) is 5.82 Å². The third-order valence-electron chi connectivity index (χ3n) is 5.11. The molecule has 0 saturated heterocycles. The molecule has 0 bridgehead atoms. The molecule has 2 aliphatic rings. The summed E-state index contributed by atoms with van der Waals surface area (Å²) in [6, 6.07) is 4.55. The molecule has 2 aromatic heterocycles. The molecule has 1 saturated carbocycles. The van der Waals surface area contributed by atoms with E-state index < -0.39 is 0 Å². The first-order valence-corrected chi connectivity index (χ1v) is 9.21. The van der Waals surface area contributed by atoms with E-state index in [-0.39, 0.29) is 11.9 Å². The zero-order valence-corrected chi connectivity index (χ0v) is 15.3. The fourth-order valence-electron chi connectivity index (χ4n) is 3.51. The highest BCUT2D eigenvalue weighted by Gasteiger charge is 2.28. The van der Waals surface area contributed by atoms with Gasteiger partial charge in [-0.1, -0.05) is 6.07 Å². The average molecular weight is 355 g/mol. The van der Waals surface area contributed by atoms with E-state index in [2.05, 4.69) is 26.7 Å². The summed E-state index contributed by atoms with van der Waals surface area (Å²) in [6.07, 6.45) is 6.35. The molecule has 0 aromatic carbocycles. The molecular formula is C19H25N5O2. The minimum atomic E-state index is 0.0764. The van der Waals surface area contributed by atoms with Crippen molar-refractivity contribution >= 4 is 5.91 Å². The number of hydrogen-bond donors (Lipinski definition) is 1. The minimum Gasteiger partial charge on any atom is -0.481 e. The second-order valence-electron chi connectivity index (χ2n) is 7.12. The molecule has 4 rings (SSSR count). The number of fused-ring (bicyclic) bond motifs is 1. The molecule has 1 N–H and O–H groups in total. The van der Waals surface area contributed by atoms with Crippen molar-refractivity contribution in [2.75, 3.05) is 13.7 Å². The summed E-state index contributed by atoms with van der Waals surface area (Å²) < 4.78 is 7.56. The Labute approximate surface area is 153 Å². The van der Waals surface area contributed by atoms with Crippen LogP contribution in [0.15, 0.2) is 24.5 Å². The highest BCUT2D eigenvalue weighted by atomic mass is 16.5. The second-order valence-corrected chi connectivity index (χ2v) is 7.12. The smallest absolute Gasteiger partial charge is 0.226 e. The molecule has 2 aromatic rings. The van der Waals surface area contributed by atoms with Gasteiger partial charge in [0.25, 0.3) is 0 Å². The number of carbonyl (C=O) groups is 1. The maximum absolute atomic E-state index is 12.0. The van der Waals surface area contributed by atoms with Crippen molar-refractivity contribution < 1.29 is 9.53 Å². The van der Waals surface area contributed by atoms with Crippen LogP contribution in [0.3, 0.4) is 0 Å². The molecule has 0 radical (unpaired) electrons. The first-order valence-electron chi connectivity index (χ1n) is 9.21. The fraction of sp³-hybridized carbons (Fsp3) is 0.526. The predicted octanol–water partition coefficient (Wildman–Crippen LogP) is 1.68. The summed E-state index contributed by atoms with van der Waals surface area (Å²) in [5.74, 6) is 1.77. The molecule has 26 heavy (non-hydrogen) atoms. The van der Waals surface area contributed by atoms with Crippen LogP contribution in [0.4, 0.5) is 0 Å². The van der Waals surface area contributed by atoms with Crippen LogP contribution in [-0.2, 0) is 24.3 Å². The van der Waals surface area contributed by atoms with Crippen molar-refractivity contribution in [3.05, 3.63) is 41.6 Å². The zero-order valence-electron chi connectivity index (χ0n) is 15.3. The molecule has 0 spiro atoms. The highest BCUT2D eigenvalue weighted by Crippen LogP contribution is 2.28. The maximum atomic E-state index is 12.0. The van der Waals surface area contributed by atoms with Crippen molar-refractivity contribution in [2.24, 2.45) is 0 Å². The number of amides is 1. The molecule has 1 atom stereocenters. The van der Waals surface area contributed by atoms with E-state index in [0.29, 0.717) is 18.3 Å². The van der Waals surface area contributed by atoms with Gasteiger partial charge in [-0.25, -0.2) is 9.97 Å². The second kappa shape index (κ2) is 7.07. The molecule has 1 amide bonds. The molecule has 138 valence electrons. The Morgan fingerprint density at radius 3 is 3.00 bits per heavy atom. The van der Waals surface area contributed by atoms with Gasteiger partial charge in [0.05, 0.1) is 25.3 Å². The topological polar surface area (TPSA) is 72.3 Å². The number of rotatable bonds is 6. The summed E-state index contributed by atoms with van der Waals surface area (Å²) in [4.78, 5) is 23.4. The van der Waals surface area contributed by atoms with E-state index >= 15 is 0 Å². The Balaban J connectivity index is 1.45. The third-order valence-corrected chi connectivity index (χ3v) is 5.11. The Morgan fingerprint density at radius 2 is 2.23 bits per heavy atom. The summed E-state index contributed by atoms with van der Waals surface area (Å²) in [5.41, 5.74) is 1.93. The Morgan fingerprint density at radius 1 is 1.38 bits per heavy atom. The van der Waals surface area contributed by atoms with Crippen LogP contribution >= 0.6 is 0 Å². The fourth-order valence-corrected chi connectivity index (χ4v) is 3.51. The van der Waals surface area contributed by atoms with Crippen LogP contribution in [-0.4, -0.2) is 45.0 Å². The summed E-state index contributed by atoms with van der Waals surface area (Å²) in [5, 5.41) is 3.03. The molecule has 0 unspecified atom stereocenters. The summed E-state index contributed by atoms with van der Waals surface area (Å²) >= 11 is 0. The number of ether oxygens (including phenoxy) is 1. The largest absolute Gasteiger partial charge is 0.481 e. The Hall–Kier alpha value is -2.41. The maximum Gasteiger partial charge on any atom is 0.226 e. The molecule has 7 nitrogen and oxygen atoms in total. The van der Waals surface area contributed by atoms with E-state index in [0.717, 1.165) is 49.6 Å². The van der Waals surface area contributed by atoms with Crippen LogP contribution < -0.4 is 10.1 Å². The van der Waals surface area contributed by atoms with Gasteiger partial charge >= 0.3 is 0 Å². The third kappa shape index (κ3) is 3.58. The number of nitrogens with zero attached hydrogens (tertiary/aromatic N) is 4. The first-order chi connectivity index (χ1) is 12.6. The Kier molecular flexibility index (Phi) is 4.63. The number of carbonyl (C=O) groups excluding carboxylic acids is 1. The first kappa shape index (κ1) is 17.0. The number of nitrogens with one attached hydrogen (secondary N) is 1. The van der Waals surface area contributed by atoms with Crippen molar-refractivity contribution in [1.82, 2.24) is 24.8 Å². The molecular weight excluding hydrogens is 330 g/mol. The van der Waals surface area contributed by atoms with Crippen LogP contribution in [0.25, 0.3) is 0 Å². The van der Waals surface area contributed by atoms with Gasteiger partial charge in [0.2, 0.25) is 11.8 Å². The number of methoxy groups -OCH3 is 1. The lowest BCUT2D eigenvalue weighted by Gasteiger charge is -2.33. The lowest BCUT2D eigenvalue weighted by molar-refractivity contribution is -0.120. The predicted molar refractivity (Wildman–Crippen MR) is 96.7 cm³/mol. The summed E-state index contributed by atoms with van der Waals surface area (Å²) in [6.45, 7) is 4.73. The van der Waals surface area contributed by atoms with E-state index in [1.807, 2.05) is 18.3 Å². The standard InChI is InChI=1S/C19H25N5O2/c1-13-18-22-16(10-17(25)21-15-5-6-15)12-24(18)9-8-23(13)11-14-4-3-7-20-19(14)26-2/h3-4,7,12-13,15H,5-6,8-11H2,1-2H3,(H,21,25)/t13-/m1/s1. The summed E-state index contributed by atoms with van der Waals surface area (Å²) in [7, 11) is 1.65. The van der Waals surface area contributed by atoms with Gasteiger partial charge < -0.3 is 14.6 Å². The van der Waals surface area contributed by atoms with E-state index in [1.165, 1.54) is 0 Å². The molecule has 3 heterocycles. The highest BCUT2D eigenvalue weighted by molar-refractivity contribution is 5.78. The van der Waals surface area contributed by atoms with Crippen LogP contribution in [0.2, 0.25) is 0 Å². The molecule has 1 aliphatic heterocycles. The molecule has 1 aliphatic carbocycles. The minimum absolute atomic E-state index is 0.0764. The van der Waals surface area contributed by atoms with Crippen LogP contribution in [0.5, 0.6) is 5.88 Å². The van der Waals surface area contributed by atoms with Crippen LogP contribution in [0, 0.1) is 0 Å². The van der Waals surface area contributed by atoms with Crippen LogP contribution in [0.1, 0.15) is 42.9 Å². The zero-order chi connectivity index (χ0) is 18.1. The Bertz CT molecular complexity index is 799. The van der Waals surface area contributed by atoms with E-state index in [1.54, 1.807) is 13.3 Å². The van der Waals surface area contributed by atoms with Crippen molar-refractivity contribution in [2.45, 2.75) is 51.4 Å². The van der Waals surface area contributed by atoms with Gasteiger partial charge in [-0.3, -0.25) is 9.69 Å². The van der Waals surface area contributed by atoms with Crippen molar-refractivity contribution in [3.63, 3.8) is 0 Å². The lowest BCUT2D eigenvalue weighted by Crippen LogP contribution is -2.36. The van der Waals surface area contributed by atoms with E-state index in [4.69, 9.17) is 9.72 Å². The number of imidazole rings is 1. The number of aromatic nitrogens is 3. The van der Waals surface area contributed by atoms with Gasteiger partial charge in [-0.15, -0.1) is 0 Å². The van der Waals surface area contributed by atoms with Crippen molar-refractivity contribution in [1.29, 1.82) is 0 Å². The van der Waals surface area contributed by atoms with Gasteiger partial charge in [0, 0.05) is 43.6 Å². The van der Waals surface area contributed by atoms with Gasteiger partial charge in [-0.2, -0.15) is 0 Å². The average Bonchev–Trinajstić information content (AvgIpc) is 3.35. The van der Waals surface area contributed by atoms with Crippen molar-refractivity contribution in [3.8, 4) is 5.88 Å². The van der Waals surface area contributed by atoms with Gasteiger partial charge in [-0.05, 0) is 25.8 Å². The molecule has 1 fully saturated rings. The monoisotopic (exact) mass is 355 g/mol.